The smallest absolute Gasteiger partial charge is 1.00 e. The predicted molar refractivity (Wildman–Crippen MR) is 339 cm³/mol. The van der Waals surface area contributed by atoms with Crippen molar-refractivity contribution in [2.75, 3.05) is 47.7 Å². The Morgan fingerprint density at radius 2 is 0.783 bits per heavy atom. The summed E-state index contributed by atoms with van der Waals surface area (Å²) in [5, 5.41) is 19.9. The third-order valence-corrected chi connectivity index (χ3v) is 12.3. The Bertz CT molecular complexity index is 2920. The fourth-order valence-electron chi connectivity index (χ4n) is 8.13. The van der Waals surface area contributed by atoms with Gasteiger partial charge in [-0.3, -0.25) is 0 Å². The molecular formula is C70H85BrMgN4O7. The molecule has 0 spiro atoms. The summed E-state index contributed by atoms with van der Waals surface area (Å²) in [6.07, 6.45) is 2.56. The number of halogens is 1. The molecule has 0 bridgehead atoms. The van der Waals surface area contributed by atoms with Gasteiger partial charge in [0.05, 0.1) is 35.5 Å². The van der Waals surface area contributed by atoms with Crippen LogP contribution in [0.5, 0.6) is 0 Å². The molecule has 9 rings (SSSR count). The first-order valence-electron chi connectivity index (χ1n) is 27.7. The van der Waals surface area contributed by atoms with Crippen molar-refractivity contribution in [3.8, 4) is 0 Å². The Kier molecular flexibility index (Phi) is 34.3. The van der Waals surface area contributed by atoms with E-state index in [9.17, 15) is 19.8 Å². The van der Waals surface area contributed by atoms with Crippen LogP contribution in [0.15, 0.2) is 218 Å². The number of carbonyl (C=O) groups excluding carboxylic acids is 2. The van der Waals surface area contributed by atoms with Gasteiger partial charge in [0.25, 0.3) is 0 Å². The van der Waals surface area contributed by atoms with Crippen molar-refractivity contribution in [1.29, 1.82) is 0 Å². The van der Waals surface area contributed by atoms with E-state index in [1.54, 1.807) is 70.2 Å². The molecule has 0 unspecified atom stereocenters. The van der Waals surface area contributed by atoms with E-state index in [0.717, 1.165) is 61.9 Å². The molecule has 0 amide bonds. The van der Waals surface area contributed by atoms with Crippen LogP contribution in [-0.2, 0) is 51.6 Å². The van der Waals surface area contributed by atoms with Crippen molar-refractivity contribution in [2.45, 2.75) is 98.7 Å². The zero-order valence-corrected chi connectivity index (χ0v) is 52.6. The summed E-state index contributed by atoms with van der Waals surface area (Å²) in [4.78, 5) is 27.8. The van der Waals surface area contributed by atoms with Crippen molar-refractivity contribution in [1.82, 2.24) is 0 Å². The number of benzene rings is 8. The predicted octanol–water partition coefficient (Wildman–Crippen LogP) is 11.4. The second-order valence-electron chi connectivity index (χ2n) is 19.9. The van der Waals surface area contributed by atoms with Crippen LogP contribution in [0.4, 0.5) is 22.7 Å². The van der Waals surface area contributed by atoms with E-state index in [-0.39, 0.29) is 52.0 Å². The number of nitrogens with zero attached hydrogens (tertiary/aromatic N) is 2. The first-order chi connectivity index (χ1) is 39.0. The van der Waals surface area contributed by atoms with Crippen molar-refractivity contribution in [3.05, 3.63) is 270 Å². The number of ether oxygens (including phenoxy) is 3. The molecule has 1 fully saturated rings. The van der Waals surface area contributed by atoms with E-state index in [4.69, 9.17) is 25.7 Å². The standard InChI is InChI=1S/C23H23NO2.C23H25NO.C9H11NO2.C9H13NO.C4H8O.C2H5.BrH.Mg/c1-2-26-23(25)21-14-9-15-22(16-21)24(17-19-10-5-3-6-11-19)18-20-12-7-4-8-13-20;1-23(2,25)21-14-9-15-22(16-21)24(17-19-10-5-3-6-11-19)18-20-12-7-4-8-13-20;1-2-12-9(11)7-4-3-5-8(10)6-7;1-9(2,11)7-4-3-5-8(10)6-7;1-2-4-5-3-1;1-2;;/h3-16H,2,17-18H2,1H3;3-16,25H,17-18H2,1-2H3;3-6H,2,10H2,1H3;3-6,11H,10H2,1-2H3;1-4H2;1H2,2H3;1H;/q;;;;;-1;;+2/p-1. The second kappa shape index (κ2) is 39.5. The first-order valence-corrected chi connectivity index (χ1v) is 27.7. The molecular weight excluding hydrogens is 1110 g/mol. The van der Waals surface area contributed by atoms with Gasteiger partial charge in [-0.2, -0.15) is 6.92 Å². The zero-order chi connectivity index (χ0) is 58.9. The van der Waals surface area contributed by atoms with Gasteiger partial charge in [-0.25, -0.2) is 9.59 Å². The van der Waals surface area contributed by atoms with Gasteiger partial charge in [-0.15, -0.1) is 0 Å². The quantitative estimate of drug-likeness (QED) is 0.0315. The van der Waals surface area contributed by atoms with E-state index in [1.165, 1.54) is 35.1 Å². The van der Waals surface area contributed by atoms with E-state index in [1.807, 2.05) is 112 Å². The molecule has 0 radical (unpaired) electrons. The van der Waals surface area contributed by atoms with Crippen LogP contribution >= 0.6 is 0 Å². The monoisotopic (exact) mass is 1200 g/mol. The molecule has 0 atom stereocenters. The minimum atomic E-state index is -0.846. The topological polar surface area (TPSA) is 161 Å². The Hall–Kier alpha value is -6.97. The van der Waals surface area contributed by atoms with Gasteiger partial charge in [0.1, 0.15) is 0 Å². The zero-order valence-electron chi connectivity index (χ0n) is 49.6. The minimum Gasteiger partial charge on any atom is -1.00 e. The fraction of sp³-hybridized carbons (Fsp3) is 0.271. The van der Waals surface area contributed by atoms with Gasteiger partial charge in [0.15, 0.2) is 0 Å². The number of esters is 2. The number of aliphatic hydroxyl groups is 2. The summed E-state index contributed by atoms with van der Waals surface area (Å²) < 4.78 is 14.9. The van der Waals surface area contributed by atoms with Crippen LogP contribution in [0.25, 0.3) is 0 Å². The van der Waals surface area contributed by atoms with Gasteiger partial charge in [0, 0.05) is 62.1 Å². The molecule has 83 heavy (non-hydrogen) atoms. The third kappa shape index (κ3) is 27.8. The third-order valence-electron chi connectivity index (χ3n) is 12.3. The number of rotatable bonds is 16. The summed E-state index contributed by atoms with van der Waals surface area (Å²) >= 11 is 0. The SMILES string of the molecule is C1CCOC1.CC(C)(O)c1cccc(N(Cc2ccccc2)Cc2ccccc2)c1.CC(C)(O)c1cccc(N)c1.CCOC(=O)c1cccc(N(Cc2ccccc2)Cc2ccccc2)c1.CCOC(=O)c1cccc(N)c1.[Br-].[CH2-]C.[Mg+2]. The van der Waals surface area contributed by atoms with Crippen LogP contribution in [0, 0.1) is 6.92 Å². The van der Waals surface area contributed by atoms with Crippen LogP contribution in [0.1, 0.15) is 115 Å². The summed E-state index contributed by atoms with van der Waals surface area (Å²) in [5.74, 6) is -0.612. The van der Waals surface area contributed by atoms with Crippen molar-refractivity contribution in [3.63, 3.8) is 0 Å². The molecule has 8 aromatic carbocycles. The van der Waals surface area contributed by atoms with E-state index < -0.39 is 11.2 Å². The molecule has 0 saturated carbocycles. The van der Waals surface area contributed by atoms with Crippen LogP contribution < -0.4 is 38.2 Å². The molecule has 13 heteroatoms. The molecule has 8 aromatic rings. The molecule has 1 heterocycles. The molecule has 6 N–H and O–H groups in total. The Balaban J connectivity index is 0.000000379. The fourth-order valence-corrected chi connectivity index (χ4v) is 8.13. The van der Waals surface area contributed by atoms with E-state index in [2.05, 4.69) is 102 Å². The summed E-state index contributed by atoms with van der Waals surface area (Å²) in [6.45, 7) is 21.6. The van der Waals surface area contributed by atoms with Gasteiger partial charge >= 0.3 is 35.0 Å². The average molecular weight is 1200 g/mol. The average Bonchev–Trinajstić information content (AvgIpc) is 4.22. The summed E-state index contributed by atoms with van der Waals surface area (Å²) in [5.41, 5.74) is 20.6. The Labute approximate surface area is 521 Å². The largest absolute Gasteiger partial charge is 2.00 e. The second-order valence-corrected chi connectivity index (χ2v) is 19.9. The molecule has 1 aliphatic heterocycles. The molecule has 11 nitrogen and oxygen atoms in total. The summed E-state index contributed by atoms with van der Waals surface area (Å²) in [6, 6.07) is 71.5. The maximum atomic E-state index is 12.1. The van der Waals surface area contributed by atoms with Gasteiger partial charge in [0.2, 0.25) is 0 Å². The van der Waals surface area contributed by atoms with Crippen molar-refractivity contribution in [2.24, 2.45) is 0 Å². The van der Waals surface area contributed by atoms with Gasteiger partial charge in [-0.1, -0.05) is 158 Å². The van der Waals surface area contributed by atoms with E-state index in [0.29, 0.717) is 35.7 Å². The number of nitrogen functional groups attached to an aromatic ring is 2. The number of hydrogen-bond donors (Lipinski definition) is 4. The number of hydrogen-bond acceptors (Lipinski definition) is 11. The van der Waals surface area contributed by atoms with Crippen LogP contribution in [-0.4, -0.2) is 71.6 Å². The Morgan fingerprint density at radius 1 is 0.470 bits per heavy atom. The number of nitrogens with two attached hydrogens (primary N) is 2. The molecule has 1 saturated heterocycles. The Morgan fingerprint density at radius 3 is 1.10 bits per heavy atom. The minimum absolute atomic E-state index is 0. The molecule has 436 valence electrons. The number of carbonyl (C=O) groups is 2. The normalized spacial score (nSPS) is 11.1. The maximum absolute atomic E-state index is 12.1. The number of anilines is 4. The molecule has 1 aliphatic rings. The first kappa shape index (κ1) is 72.1. The van der Waals surface area contributed by atoms with E-state index >= 15 is 0 Å². The van der Waals surface area contributed by atoms with Crippen molar-refractivity contribution >= 4 is 57.7 Å². The maximum Gasteiger partial charge on any atom is 2.00 e. The van der Waals surface area contributed by atoms with Crippen molar-refractivity contribution < 1.29 is 51.0 Å². The van der Waals surface area contributed by atoms with Gasteiger partial charge in [-0.05, 0) is 148 Å². The molecule has 0 aliphatic carbocycles. The van der Waals surface area contributed by atoms with Crippen LogP contribution in [0.2, 0.25) is 0 Å². The van der Waals surface area contributed by atoms with Gasteiger partial charge < -0.3 is 69.6 Å². The molecule has 0 aromatic heterocycles. The summed E-state index contributed by atoms with van der Waals surface area (Å²) in [7, 11) is 0. The van der Waals surface area contributed by atoms with Crippen LogP contribution in [0.3, 0.4) is 0 Å².